The Morgan fingerprint density at radius 1 is 1.25 bits per heavy atom. The number of ketones is 1. The minimum absolute atomic E-state index is 0.0618. The van der Waals surface area contributed by atoms with Gasteiger partial charge in [-0.3, -0.25) is 4.79 Å². The molecule has 0 aromatic heterocycles. The molecule has 0 bridgehead atoms. The fourth-order valence-corrected chi connectivity index (χ4v) is 5.24. The summed E-state index contributed by atoms with van der Waals surface area (Å²) in [5.74, 6) is 0.665. The number of allylic oxidation sites excluding steroid dienone is 4. The third kappa shape index (κ3) is 3.16. The molecule has 24 heavy (non-hydrogen) atoms. The van der Waals surface area contributed by atoms with Crippen LogP contribution in [0.2, 0.25) is 0 Å². The van der Waals surface area contributed by atoms with Crippen molar-refractivity contribution >= 4 is 5.78 Å². The number of rotatable bonds is 3. The van der Waals surface area contributed by atoms with Gasteiger partial charge in [-0.25, -0.2) is 0 Å². The molecule has 1 saturated carbocycles. The van der Waals surface area contributed by atoms with Crippen LogP contribution in [0.15, 0.2) is 34.9 Å². The molecule has 3 heteroatoms. The molecule has 0 unspecified atom stereocenters. The van der Waals surface area contributed by atoms with Crippen molar-refractivity contribution in [1.82, 2.24) is 0 Å². The molecule has 3 aliphatic rings. The van der Waals surface area contributed by atoms with Crippen molar-refractivity contribution in [2.24, 2.45) is 17.3 Å². The van der Waals surface area contributed by atoms with E-state index in [1.54, 1.807) is 6.92 Å². The van der Waals surface area contributed by atoms with Gasteiger partial charge in [0.2, 0.25) is 0 Å². The van der Waals surface area contributed by atoms with Gasteiger partial charge in [-0.1, -0.05) is 30.7 Å². The maximum absolute atomic E-state index is 12.0. The van der Waals surface area contributed by atoms with E-state index >= 15 is 0 Å². The number of fused-ring (bicyclic) bond motifs is 1. The average Bonchev–Trinajstić information content (AvgIpc) is 2.84. The molecule has 0 aliphatic heterocycles. The van der Waals surface area contributed by atoms with E-state index in [1.165, 1.54) is 16.7 Å². The maximum atomic E-state index is 12.0. The molecule has 5 atom stereocenters. The second-order valence-corrected chi connectivity index (χ2v) is 8.27. The lowest BCUT2D eigenvalue weighted by molar-refractivity contribution is -0.124. The second kappa shape index (κ2) is 6.61. The fraction of sp³-hybridized carbons (Fsp3) is 0.667. The number of Topliss-reactive ketones (excluding diaryl/α,β-unsaturated/α-hetero) is 1. The first kappa shape index (κ1) is 17.6. The van der Waals surface area contributed by atoms with Gasteiger partial charge >= 0.3 is 0 Å². The molecular weight excluding hydrogens is 300 g/mol. The van der Waals surface area contributed by atoms with E-state index in [4.69, 9.17) is 0 Å². The number of carbonyl (C=O) groups excluding carboxylic acids is 1. The van der Waals surface area contributed by atoms with E-state index in [2.05, 4.69) is 26.0 Å². The normalized spacial score (nSPS) is 40.0. The Morgan fingerprint density at radius 3 is 2.71 bits per heavy atom. The van der Waals surface area contributed by atoms with Crippen LogP contribution in [0, 0.1) is 17.3 Å². The van der Waals surface area contributed by atoms with Crippen LogP contribution < -0.4 is 0 Å². The molecule has 0 spiro atoms. The molecule has 0 saturated heterocycles. The summed E-state index contributed by atoms with van der Waals surface area (Å²) in [4.78, 5) is 12.0. The summed E-state index contributed by atoms with van der Waals surface area (Å²) in [5, 5.41) is 20.3. The van der Waals surface area contributed by atoms with Gasteiger partial charge in [0.15, 0.2) is 0 Å². The third-order valence-electron chi connectivity index (χ3n) is 6.60. The van der Waals surface area contributed by atoms with Crippen molar-refractivity contribution in [1.29, 1.82) is 0 Å². The lowest BCUT2D eigenvalue weighted by atomic mass is 9.63. The van der Waals surface area contributed by atoms with Gasteiger partial charge in [-0.15, -0.1) is 0 Å². The number of aliphatic hydroxyl groups is 2. The Hall–Kier alpha value is -1.19. The minimum Gasteiger partial charge on any atom is -0.393 e. The van der Waals surface area contributed by atoms with E-state index in [1.807, 2.05) is 6.08 Å². The number of hydrogen-bond donors (Lipinski definition) is 2. The van der Waals surface area contributed by atoms with E-state index in [9.17, 15) is 15.0 Å². The van der Waals surface area contributed by atoms with Crippen molar-refractivity contribution in [3.8, 4) is 0 Å². The molecule has 0 amide bonds. The molecule has 0 aromatic carbocycles. The topological polar surface area (TPSA) is 57.5 Å². The standard InChI is InChI=1S/C21H30O3/c1-13-4-7-17(23)10-15(13)5-6-16-11-18(24)12-21(3)19(14(2)22)8-9-20(16)21/h5-6,11,17-20,23-24H,4,7-10,12H2,1-3H3/b6-5+/t17-,18-,19+,20-,21+/m0/s1. The predicted molar refractivity (Wildman–Crippen MR) is 95.4 cm³/mol. The van der Waals surface area contributed by atoms with Crippen molar-refractivity contribution < 1.29 is 15.0 Å². The summed E-state index contributed by atoms with van der Waals surface area (Å²) in [6, 6.07) is 0. The zero-order chi connectivity index (χ0) is 17.5. The summed E-state index contributed by atoms with van der Waals surface area (Å²) in [6.45, 7) is 6.01. The molecule has 3 rings (SSSR count). The molecule has 132 valence electrons. The Kier molecular flexibility index (Phi) is 4.85. The average molecular weight is 330 g/mol. The smallest absolute Gasteiger partial charge is 0.133 e. The van der Waals surface area contributed by atoms with Gasteiger partial charge in [-0.05, 0) is 74.9 Å². The van der Waals surface area contributed by atoms with Crippen LogP contribution in [0.4, 0.5) is 0 Å². The molecule has 0 radical (unpaired) electrons. The summed E-state index contributed by atoms with van der Waals surface area (Å²) in [6.07, 6.45) is 10.7. The third-order valence-corrected chi connectivity index (χ3v) is 6.60. The van der Waals surface area contributed by atoms with Gasteiger partial charge < -0.3 is 10.2 Å². The Bertz CT molecular complexity index is 613. The number of hydrogen-bond acceptors (Lipinski definition) is 3. The molecule has 2 N–H and O–H groups in total. The highest BCUT2D eigenvalue weighted by Gasteiger charge is 2.51. The van der Waals surface area contributed by atoms with Crippen LogP contribution in [0.5, 0.6) is 0 Å². The molecule has 3 aliphatic carbocycles. The summed E-state index contributed by atoms with van der Waals surface area (Å²) in [5.41, 5.74) is 3.61. The zero-order valence-electron chi connectivity index (χ0n) is 15.1. The Labute approximate surface area is 145 Å². The van der Waals surface area contributed by atoms with Gasteiger partial charge in [0.25, 0.3) is 0 Å². The van der Waals surface area contributed by atoms with E-state index in [-0.39, 0.29) is 23.2 Å². The highest BCUT2D eigenvalue weighted by molar-refractivity contribution is 5.79. The van der Waals surface area contributed by atoms with Crippen LogP contribution in [0.3, 0.4) is 0 Å². The first-order chi connectivity index (χ1) is 11.3. The molecule has 0 aromatic rings. The van der Waals surface area contributed by atoms with Crippen LogP contribution in [-0.4, -0.2) is 28.2 Å². The van der Waals surface area contributed by atoms with E-state index in [0.717, 1.165) is 32.1 Å². The quantitative estimate of drug-likeness (QED) is 0.829. The number of aliphatic hydroxyl groups excluding tert-OH is 2. The molecular formula is C21H30O3. The number of carbonyl (C=O) groups is 1. The largest absolute Gasteiger partial charge is 0.393 e. The monoisotopic (exact) mass is 330 g/mol. The lowest BCUT2D eigenvalue weighted by Crippen LogP contribution is -2.39. The van der Waals surface area contributed by atoms with Crippen LogP contribution in [0.1, 0.15) is 59.3 Å². The van der Waals surface area contributed by atoms with Crippen LogP contribution >= 0.6 is 0 Å². The van der Waals surface area contributed by atoms with Crippen LogP contribution in [0.25, 0.3) is 0 Å². The van der Waals surface area contributed by atoms with Gasteiger partial charge in [-0.2, -0.15) is 0 Å². The zero-order valence-corrected chi connectivity index (χ0v) is 15.1. The van der Waals surface area contributed by atoms with Crippen molar-refractivity contribution in [3.63, 3.8) is 0 Å². The molecule has 1 fully saturated rings. The van der Waals surface area contributed by atoms with Crippen molar-refractivity contribution in [3.05, 3.63) is 34.9 Å². The fourth-order valence-electron chi connectivity index (χ4n) is 5.24. The van der Waals surface area contributed by atoms with E-state index < -0.39 is 6.10 Å². The van der Waals surface area contributed by atoms with Gasteiger partial charge in [0.05, 0.1) is 12.2 Å². The lowest BCUT2D eigenvalue weighted by Gasteiger charge is -2.41. The SMILES string of the molecule is CC(=O)[C@H]1CC[C@H]2C(/C=C/C3=C(C)CC[C@H](O)C3)=C[C@H](O)C[C@]12C. The summed E-state index contributed by atoms with van der Waals surface area (Å²) < 4.78 is 0. The van der Waals surface area contributed by atoms with Gasteiger partial charge in [0, 0.05) is 5.92 Å². The van der Waals surface area contributed by atoms with Gasteiger partial charge in [0.1, 0.15) is 5.78 Å². The Morgan fingerprint density at radius 2 is 2.00 bits per heavy atom. The van der Waals surface area contributed by atoms with E-state index in [0.29, 0.717) is 12.3 Å². The molecule has 0 heterocycles. The van der Waals surface area contributed by atoms with Crippen LogP contribution in [-0.2, 0) is 4.79 Å². The van der Waals surface area contributed by atoms with Crippen molar-refractivity contribution in [2.75, 3.05) is 0 Å². The summed E-state index contributed by atoms with van der Waals surface area (Å²) >= 11 is 0. The highest BCUT2D eigenvalue weighted by Crippen LogP contribution is 2.56. The predicted octanol–water partition coefficient (Wildman–Crippen LogP) is 3.72. The Balaban J connectivity index is 1.86. The molecule has 3 nitrogen and oxygen atoms in total. The first-order valence-corrected chi connectivity index (χ1v) is 9.26. The maximum Gasteiger partial charge on any atom is 0.133 e. The highest BCUT2D eigenvalue weighted by atomic mass is 16.3. The van der Waals surface area contributed by atoms with Crippen molar-refractivity contribution in [2.45, 2.75) is 71.5 Å². The summed E-state index contributed by atoms with van der Waals surface area (Å²) in [7, 11) is 0. The first-order valence-electron chi connectivity index (χ1n) is 9.26. The minimum atomic E-state index is -0.474. The second-order valence-electron chi connectivity index (χ2n) is 8.27.